The number of aromatic nitrogens is 5. The Morgan fingerprint density at radius 1 is 1.25 bits per heavy atom. The van der Waals surface area contributed by atoms with Crippen molar-refractivity contribution in [3.63, 3.8) is 0 Å². The summed E-state index contributed by atoms with van der Waals surface area (Å²) in [7, 11) is 0. The Morgan fingerprint density at radius 2 is 2.12 bits per heavy atom. The average molecular weight is 215 g/mol. The molecule has 0 atom stereocenters. The molecule has 0 aliphatic carbocycles. The maximum Gasteiger partial charge on any atom is 0.192 e. The van der Waals surface area contributed by atoms with Gasteiger partial charge in [0.1, 0.15) is 11.8 Å². The van der Waals surface area contributed by atoms with Crippen LogP contribution in [0.5, 0.6) is 0 Å². The Balaban J connectivity index is 2.22. The van der Waals surface area contributed by atoms with E-state index in [0.717, 1.165) is 11.2 Å². The molecule has 0 aromatic carbocycles. The van der Waals surface area contributed by atoms with Gasteiger partial charge in [0.25, 0.3) is 0 Å². The fraction of sp³-hybridized carbons (Fsp3) is 0.200. The molecule has 0 bridgehead atoms. The summed E-state index contributed by atoms with van der Waals surface area (Å²) in [4.78, 5) is 19.6. The number of nitrogens with one attached hydrogen (secondary N) is 1. The molecule has 0 radical (unpaired) electrons. The molecule has 0 saturated carbocycles. The summed E-state index contributed by atoms with van der Waals surface area (Å²) in [5.74, 6) is 1.91. The molecule has 3 rings (SSSR count). The minimum atomic E-state index is 0.624. The first-order chi connectivity index (χ1) is 7.74. The van der Waals surface area contributed by atoms with Crippen molar-refractivity contribution in [3.05, 3.63) is 24.1 Å². The van der Waals surface area contributed by atoms with E-state index in [1.165, 1.54) is 6.33 Å². The number of aromatic amines is 1. The van der Waals surface area contributed by atoms with E-state index in [9.17, 15) is 0 Å². The highest BCUT2D eigenvalue weighted by Gasteiger charge is 2.13. The van der Waals surface area contributed by atoms with Gasteiger partial charge in [0.15, 0.2) is 23.1 Å². The number of oxazole rings is 1. The first-order valence-corrected chi connectivity index (χ1v) is 4.84. The van der Waals surface area contributed by atoms with Crippen LogP contribution in [-0.4, -0.2) is 24.9 Å². The summed E-state index contributed by atoms with van der Waals surface area (Å²) >= 11 is 0. The third kappa shape index (κ3) is 1.27. The van der Waals surface area contributed by atoms with E-state index in [0.29, 0.717) is 23.1 Å². The van der Waals surface area contributed by atoms with Gasteiger partial charge in [-0.05, 0) is 6.92 Å². The van der Waals surface area contributed by atoms with Crippen molar-refractivity contribution in [1.29, 1.82) is 0 Å². The second-order valence-electron chi connectivity index (χ2n) is 3.49. The molecule has 80 valence electrons. The third-order valence-electron chi connectivity index (χ3n) is 2.28. The normalized spacial score (nSPS) is 11.1. The molecule has 3 heterocycles. The van der Waals surface area contributed by atoms with E-state index < -0.39 is 0 Å². The summed E-state index contributed by atoms with van der Waals surface area (Å²) in [5, 5.41) is 0. The molecule has 16 heavy (non-hydrogen) atoms. The van der Waals surface area contributed by atoms with Gasteiger partial charge in [-0.25, -0.2) is 19.9 Å². The molecule has 6 heteroatoms. The van der Waals surface area contributed by atoms with Crippen LogP contribution < -0.4 is 0 Å². The van der Waals surface area contributed by atoms with Crippen LogP contribution in [0.2, 0.25) is 0 Å². The highest BCUT2D eigenvalue weighted by atomic mass is 16.4. The minimum absolute atomic E-state index is 0.624. The van der Waals surface area contributed by atoms with E-state index in [-0.39, 0.29) is 0 Å². The van der Waals surface area contributed by atoms with Crippen LogP contribution in [0.3, 0.4) is 0 Å². The van der Waals surface area contributed by atoms with Crippen LogP contribution >= 0.6 is 0 Å². The number of imidazole rings is 1. The lowest BCUT2D eigenvalue weighted by molar-refractivity contribution is 0.531. The van der Waals surface area contributed by atoms with E-state index >= 15 is 0 Å². The second kappa shape index (κ2) is 3.13. The fourth-order valence-electron chi connectivity index (χ4n) is 1.62. The summed E-state index contributed by atoms with van der Waals surface area (Å²) in [6.07, 6.45) is 3.14. The van der Waals surface area contributed by atoms with Crippen molar-refractivity contribution in [3.8, 4) is 11.6 Å². The van der Waals surface area contributed by atoms with E-state index in [4.69, 9.17) is 4.42 Å². The monoisotopic (exact) mass is 215 g/mol. The molecule has 6 nitrogen and oxygen atoms in total. The number of fused-ring (bicyclic) bond motifs is 1. The number of H-pyrrole nitrogens is 1. The molecular formula is C10H9N5O. The highest BCUT2D eigenvalue weighted by Crippen LogP contribution is 2.22. The van der Waals surface area contributed by atoms with Crippen molar-refractivity contribution in [2.45, 2.75) is 13.8 Å². The number of hydrogen-bond donors (Lipinski definition) is 1. The maximum absolute atomic E-state index is 5.48. The van der Waals surface area contributed by atoms with Gasteiger partial charge in [-0.3, -0.25) is 0 Å². The Kier molecular flexibility index (Phi) is 1.76. The van der Waals surface area contributed by atoms with Crippen LogP contribution in [-0.2, 0) is 0 Å². The molecule has 0 aliphatic heterocycles. The predicted molar refractivity (Wildman–Crippen MR) is 56.7 cm³/mol. The smallest absolute Gasteiger partial charge is 0.192 e. The zero-order valence-electron chi connectivity index (χ0n) is 8.85. The van der Waals surface area contributed by atoms with Gasteiger partial charge >= 0.3 is 0 Å². The molecule has 0 amide bonds. The Morgan fingerprint density at radius 3 is 2.81 bits per heavy atom. The summed E-state index contributed by atoms with van der Waals surface area (Å²) in [6.45, 7) is 3.68. The van der Waals surface area contributed by atoms with E-state index in [1.54, 1.807) is 13.1 Å². The Labute approximate surface area is 90.8 Å². The first kappa shape index (κ1) is 9.02. The maximum atomic E-state index is 5.48. The van der Waals surface area contributed by atoms with Gasteiger partial charge in [0.05, 0.1) is 11.9 Å². The number of nitrogens with zero attached hydrogens (tertiary/aromatic N) is 4. The summed E-state index contributed by atoms with van der Waals surface area (Å²) < 4.78 is 5.48. The number of aryl methyl sites for hydroxylation is 2. The van der Waals surface area contributed by atoms with Gasteiger partial charge in [-0.15, -0.1) is 0 Å². The highest BCUT2D eigenvalue weighted by molar-refractivity contribution is 5.73. The third-order valence-corrected chi connectivity index (χ3v) is 2.28. The average Bonchev–Trinajstić information content (AvgIpc) is 2.81. The lowest BCUT2D eigenvalue weighted by Crippen LogP contribution is -1.80. The molecule has 0 saturated heterocycles. The quantitative estimate of drug-likeness (QED) is 0.667. The zero-order valence-corrected chi connectivity index (χ0v) is 8.85. The van der Waals surface area contributed by atoms with E-state index in [2.05, 4.69) is 24.9 Å². The van der Waals surface area contributed by atoms with Crippen molar-refractivity contribution in [2.24, 2.45) is 0 Å². The fourth-order valence-corrected chi connectivity index (χ4v) is 1.62. The van der Waals surface area contributed by atoms with Crippen LogP contribution in [0.25, 0.3) is 22.7 Å². The second-order valence-corrected chi connectivity index (χ2v) is 3.49. The Bertz CT molecular complexity index is 621. The van der Waals surface area contributed by atoms with Gasteiger partial charge < -0.3 is 9.40 Å². The van der Waals surface area contributed by atoms with Gasteiger partial charge in [0, 0.05) is 6.92 Å². The number of hydrogen-bond acceptors (Lipinski definition) is 5. The van der Waals surface area contributed by atoms with Crippen molar-refractivity contribution < 1.29 is 4.42 Å². The Hall–Kier alpha value is -2.24. The van der Waals surface area contributed by atoms with Crippen molar-refractivity contribution in [2.75, 3.05) is 0 Å². The summed E-state index contributed by atoms with van der Waals surface area (Å²) in [5.41, 5.74) is 2.22. The van der Waals surface area contributed by atoms with Crippen molar-refractivity contribution in [1.82, 2.24) is 24.9 Å². The molecular weight excluding hydrogens is 206 g/mol. The molecule has 3 aromatic rings. The molecule has 0 unspecified atom stereocenters. The minimum Gasteiger partial charge on any atom is -0.437 e. The summed E-state index contributed by atoms with van der Waals surface area (Å²) in [6, 6.07) is 0. The van der Waals surface area contributed by atoms with Crippen LogP contribution in [0.1, 0.15) is 11.6 Å². The van der Waals surface area contributed by atoms with Crippen LogP contribution in [0, 0.1) is 13.8 Å². The lowest BCUT2D eigenvalue weighted by Gasteiger charge is -1.89. The molecule has 0 aliphatic rings. The van der Waals surface area contributed by atoms with E-state index in [1.807, 2.05) is 6.92 Å². The van der Waals surface area contributed by atoms with Crippen molar-refractivity contribution >= 4 is 11.2 Å². The standard InChI is InChI=1S/C10H9N5O/c1-5-8(16-6(2)13-5)10-14-7-3-11-4-12-9(7)15-10/h3-4H,1-2H3,(H,11,12,14,15). The van der Waals surface area contributed by atoms with Gasteiger partial charge in [-0.2, -0.15) is 0 Å². The zero-order chi connectivity index (χ0) is 11.1. The largest absolute Gasteiger partial charge is 0.437 e. The lowest BCUT2D eigenvalue weighted by atomic mass is 10.3. The molecule has 0 fully saturated rings. The number of rotatable bonds is 1. The SMILES string of the molecule is Cc1nc(C)c(-c2nc3ncncc3[nH]2)o1. The van der Waals surface area contributed by atoms with Gasteiger partial charge in [0.2, 0.25) is 0 Å². The van der Waals surface area contributed by atoms with Crippen LogP contribution in [0.15, 0.2) is 16.9 Å². The first-order valence-electron chi connectivity index (χ1n) is 4.84. The predicted octanol–water partition coefficient (Wildman–Crippen LogP) is 1.62. The topological polar surface area (TPSA) is 80.5 Å². The molecule has 3 aromatic heterocycles. The van der Waals surface area contributed by atoms with Crippen LogP contribution in [0.4, 0.5) is 0 Å². The molecule has 1 N–H and O–H groups in total. The molecule has 0 spiro atoms. The van der Waals surface area contributed by atoms with Gasteiger partial charge in [-0.1, -0.05) is 0 Å².